The second-order valence-corrected chi connectivity index (χ2v) is 7.89. The van der Waals surface area contributed by atoms with Gasteiger partial charge in [0.15, 0.2) is 0 Å². The van der Waals surface area contributed by atoms with Gasteiger partial charge in [-0.05, 0) is 42.9 Å². The van der Waals surface area contributed by atoms with Gasteiger partial charge in [0.1, 0.15) is 0 Å². The van der Waals surface area contributed by atoms with Crippen LogP contribution in [0.5, 0.6) is 0 Å². The highest BCUT2D eigenvalue weighted by Gasteiger charge is 2.41. The van der Waals surface area contributed by atoms with E-state index in [1.54, 1.807) is 0 Å². The topological polar surface area (TPSA) is 29.5 Å². The Hall–Kier alpha value is -0.570. The molecule has 0 aromatic heterocycles. The number of nitrogens with zero attached hydrogens (tertiary/aromatic N) is 1. The number of likely N-dealkylation sites (tertiary alicyclic amines) is 1. The van der Waals surface area contributed by atoms with Crippen molar-refractivity contribution < 1.29 is 9.53 Å². The maximum Gasteiger partial charge on any atom is 0.226 e. The van der Waals surface area contributed by atoms with E-state index >= 15 is 0 Å². The van der Waals surface area contributed by atoms with Crippen LogP contribution in [0.3, 0.4) is 0 Å². The van der Waals surface area contributed by atoms with Gasteiger partial charge < -0.3 is 9.64 Å². The molecule has 2 fully saturated rings. The van der Waals surface area contributed by atoms with E-state index < -0.39 is 0 Å². The Morgan fingerprint density at radius 2 is 1.95 bits per heavy atom. The highest BCUT2D eigenvalue weighted by Crippen LogP contribution is 2.35. The molecule has 0 saturated carbocycles. The predicted molar refractivity (Wildman–Crippen MR) is 86.0 cm³/mol. The minimum Gasteiger partial charge on any atom is -0.381 e. The summed E-state index contributed by atoms with van der Waals surface area (Å²) < 4.78 is 5.65. The summed E-state index contributed by atoms with van der Waals surface area (Å²) in [4.78, 5) is 15.4. The van der Waals surface area contributed by atoms with Crippen LogP contribution in [0, 0.1) is 29.6 Å². The van der Waals surface area contributed by atoms with Crippen molar-refractivity contribution in [2.75, 3.05) is 19.8 Å². The van der Waals surface area contributed by atoms with Gasteiger partial charge in [0.05, 0.1) is 6.61 Å². The van der Waals surface area contributed by atoms with Crippen LogP contribution in [0.2, 0.25) is 0 Å². The molecular weight excluding hydrogens is 262 g/mol. The average molecular weight is 295 g/mol. The summed E-state index contributed by atoms with van der Waals surface area (Å²) >= 11 is 0. The van der Waals surface area contributed by atoms with Gasteiger partial charge in [-0.15, -0.1) is 0 Å². The molecule has 21 heavy (non-hydrogen) atoms. The zero-order chi connectivity index (χ0) is 15.6. The van der Waals surface area contributed by atoms with Gasteiger partial charge in [-0.1, -0.05) is 34.6 Å². The van der Waals surface area contributed by atoms with Gasteiger partial charge in [-0.25, -0.2) is 0 Å². The molecule has 0 aliphatic carbocycles. The zero-order valence-corrected chi connectivity index (χ0v) is 14.5. The second-order valence-electron chi connectivity index (χ2n) is 7.89. The Kier molecular flexibility index (Phi) is 5.70. The number of carbonyl (C=O) groups is 1. The fourth-order valence-corrected chi connectivity index (χ4v) is 4.24. The van der Waals surface area contributed by atoms with Crippen molar-refractivity contribution in [1.29, 1.82) is 0 Å². The van der Waals surface area contributed by atoms with Crippen molar-refractivity contribution in [2.24, 2.45) is 29.6 Å². The summed E-state index contributed by atoms with van der Waals surface area (Å²) in [5.74, 6) is 2.52. The predicted octanol–water partition coefficient (Wildman–Crippen LogP) is 3.58. The average Bonchev–Trinajstić information content (AvgIpc) is 2.82. The summed E-state index contributed by atoms with van der Waals surface area (Å²) in [6, 6.07) is 0.429. The smallest absolute Gasteiger partial charge is 0.226 e. The van der Waals surface area contributed by atoms with Crippen LogP contribution in [-0.2, 0) is 9.53 Å². The highest BCUT2D eigenvalue weighted by atomic mass is 16.5. The Morgan fingerprint density at radius 1 is 1.24 bits per heavy atom. The Morgan fingerprint density at radius 3 is 2.48 bits per heavy atom. The molecule has 2 saturated heterocycles. The van der Waals surface area contributed by atoms with E-state index in [0.29, 0.717) is 35.6 Å². The van der Waals surface area contributed by atoms with Crippen molar-refractivity contribution in [1.82, 2.24) is 4.90 Å². The summed E-state index contributed by atoms with van der Waals surface area (Å²) in [5, 5.41) is 0. The minimum absolute atomic E-state index is 0.136. The molecule has 3 unspecified atom stereocenters. The first-order valence-corrected chi connectivity index (χ1v) is 8.80. The lowest BCUT2D eigenvalue weighted by atomic mass is 9.79. The van der Waals surface area contributed by atoms with Crippen LogP contribution in [0.25, 0.3) is 0 Å². The first-order chi connectivity index (χ1) is 9.91. The molecule has 0 aromatic carbocycles. The standard InChI is InChI=1S/C18H33NO2/c1-12(2)16-9-14(5)10-19(16)18(20)17(13(3)4)15-7-6-8-21-11-15/h12-17H,6-11H2,1-5H3/t14?,15?,16-,17?/m0/s1. The third-order valence-corrected chi connectivity index (χ3v) is 5.31. The number of rotatable bonds is 4. The van der Waals surface area contributed by atoms with Crippen LogP contribution < -0.4 is 0 Å². The summed E-state index contributed by atoms with van der Waals surface area (Å²) in [6.45, 7) is 13.7. The first-order valence-electron chi connectivity index (χ1n) is 8.80. The fourth-order valence-electron chi connectivity index (χ4n) is 4.24. The highest BCUT2D eigenvalue weighted by molar-refractivity contribution is 5.80. The quantitative estimate of drug-likeness (QED) is 0.793. The van der Waals surface area contributed by atoms with E-state index in [1.807, 2.05) is 0 Å². The number of carbonyl (C=O) groups excluding carboxylic acids is 1. The van der Waals surface area contributed by atoms with Crippen LogP contribution in [0.4, 0.5) is 0 Å². The van der Waals surface area contributed by atoms with Crippen LogP contribution >= 0.6 is 0 Å². The first kappa shape index (κ1) is 16.8. The monoisotopic (exact) mass is 295 g/mol. The number of ether oxygens (including phenoxy) is 1. The normalized spacial score (nSPS) is 32.0. The van der Waals surface area contributed by atoms with Gasteiger partial charge >= 0.3 is 0 Å². The maximum absolute atomic E-state index is 13.2. The Balaban J connectivity index is 2.13. The van der Waals surface area contributed by atoms with E-state index in [1.165, 1.54) is 0 Å². The van der Waals surface area contributed by atoms with E-state index in [0.717, 1.165) is 39.0 Å². The second kappa shape index (κ2) is 7.13. The van der Waals surface area contributed by atoms with Gasteiger partial charge in [-0.3, -0.25) is 4.79 Å². The Labute approximate surface area is 130 Å². The number of hydrogen-bond donors (Lipinski definition) is 0. The van der Waals surface area contributed by atoms with Gasteiger partial charge in [0.25, 0.3) is 0 Å². The fraction of sp³-hybridized carbons (Fsp3) is 0.944. The molecular formula is C18H33NO2. The molecule has 3 nitrogen and oxygen atoms in total. The van der Waals surface area contributed by atoms with Crippen molar-refractivity contribution in [2.45, 2.75) is 59.9 Å². The molecule has 0 N–H and O–H groups in total. The minimum atomic E-state index is 0.136. The largest absolute Gasteiger partial charge is 0.381 e. The lowest BCUT2D eigenvalue weighted by Gasteiger charge is -2.37. The van der Waals surface area contributed by atoms with Crippen molar-refractivity contribution in [3.05, 3.63) is 0 Å². The van der Waals surface area contributed by atoms with Gasteiger partial charge in [0.2, 0.25) is 5.91 Å². The van der Waals surface area contributed by atoms with Crippen LogP contribution in [-0.4, -0.2) is 36.6 Å². The molecule has 122 valence electrons. The summed E-state index contributed by atoms with van der Waals surface area (Å²) in [6.07, 6.45) is 3.41. The number of hydrogen-bond acceptors (Lipinski definition) is 2. The molecule has 4 atom stereocenters. The van der Waals surface area contributed by atoms with E-state index in [4.69, 9.17) is 4.74 Å². The molecule has 2 aliphatic heterocycles. The summed E-state index contributed by atoms with van der Waals surface area (Å²) in [5.41, 5.74) is 0. The lowest BCUT2D eigenvalue weighted by molar-refractivity contribution is -0.143. The van der Waals surface area contributed by atoms with Gasteiger partial charge in [-0.2, -0.15) is 0 Å². The van der Waals surface area contributed by atoms with Crippen molar-refractivity contribution in [3.63, 3.8) is 0 Å². The van der Waals surface area contributed by atoms with Crippen molar-refractivity contribution in [3.8, 4) is 0 Å². The van der Waals surface area contributed by atoms with Crippen LogP contribution in [0.15, 0.2) is 0 Å². The Bertz CT molecular complexity index is 347. The summed E-state index contributed by atoms with van der Waals surface area (Å²) in [7, 11) is 0. The van der Waals surface area contributed by atoms with Gasteiger partial charge in [0, 0.05) is 25.1 Å². The molecule has 2 rings (SSSR count). The van der Waals surface area contributed by atoms with Crippen LogP contribution in [0.1, 0.15) is 53.9 Å². The molecule has 0 bridgehead atoms. The maximum atomic E-state index is 13.2. The zero-order valence-electron chi connectivity index (χ0n) is 14.5. The third-order valence-electron chi connectivity index (χ3n) is 5.31. The van der Waals surface area contributed by atoms with Crippen molar-refractivity contribution >= 4 is 5.91 Å². The third kappa shape index (κ3) is 3.80. The SMILES string of the molecule is CC1C[C@@H](C(C)C)N(C(=O)C(C(C)C)C2CCCOC2)C1. The molecule has 2 aliphatic rings. The van der Waals surface area contributed by atoms with E-state index in [-0.39, 0.29) is 5.92 Å². The van der Waals surface area contributed by atoms with E-state index in [2.05, 4.69) is 39.5 Å². The molecule has 3 heteroatoms. The molecule has 1 amide bonds. The molecule has 0 spiro atoms. The molecule has 0 radical (unpaired) electrons. The number of amides is 1. The molecule has 0 aromatic rings. The molecule has 2 heterocycles. The van der Waals surface area contributed by atoms with E-state index in [9.17, 15) is 4.79 Å². The lowest BCUT2D eigenvalue weighted by Crippen LogP contribution is -2.47.